The van der Waals surface area contributed by atoms with Crippen LogP contribution < -0.4 is 4.74 Å². The van der Waals surface area contributed by atoms with Crippen LogP contribution in [0.15, 0.2) is 24.3 Å². The molecule has 0 saturated carbocycles. The normalized spacial score (nSPS) is 15.4. The highest BCUT2D eigenvalue weighted by atomic mass is 32.1. The van der Waals surface area contributed by atoms with E-state index < -0.39 is 5.97 Å². The van der Waals surface area contributed by atoms with E-state index in [1.54, 1.807) is 6.92 Å². The highest BCUT2D eigenvalue weighted by Crippen LogP contribution is 2.29. The van der Waals surface area contributed by atoms with Gasteiger partial charge in [0, 0.05) is 25.2 Å². The molecule has 7 heteroatoms. The lowest BCUT2D eigenvalue weighted by molar-refractivity contribution is 0.0322. The predicted octanol–water partition coefficient (Wildman–Crippen LogP) is 2.53. The van der Waals surface area contributed by atoms with E-state index in [1.165, 1.54) is 11.3 Å². The highest BCUT2D eigenvalue weighted by molar-refractivity contribution is 7.17. The summed E-state index contributed by atoms with van der Waals surface area (Å²) in [5, 5.41) is 9.83. The van der Waals surface area contributed by atoms with Crippen molar-refractivity contribution in [2.75, 3.05) is 39.5 Å². The maximum Gasteiger partial charge on any atom is 0.347 e. The first kappa shape index (κ1) is 16.9. The van der Waals surface area contributed by atoms with Crippen LogP contribution >= 0.6 is 11.3 Å². The van der Waals surface area contributed by atoms with Crippen molar-refractivity contribution in [1.82, 2.24) is 9.88 Å². The Morgan fingerprint density at radius 3 is 2.67 bits per heavy atom. The first-order valence-electron chi connectivity index (χ1n) is 7.87. The molecular weight excluding hydrogens is 328 g/mol. The second-order valence-corrected chi connectivity index (χ2v) is 6.56. The molecule has 24 heavy (non-hydrogen) atoms. The van der Waals surface area contributed by atoms with Gasteiger partial charge in [-0.1, -0.05) is 0 Å². The number of hydrogen-bond donors (Lipinski definition) is 1. The van der Waals surface area contributed by atoms with E-state index >= 15 is 0 Å². The summed E-state index contributed by atoms with van der Waals surface area (Å²) in [6, 6.07) is 7.61. The zero-order valence-electron chi connectivity index (χ0n) is 13.5. The number of carboxylic acids is 1. The summed E-state index contributed by atoms with van der Waals surface area (Å²) in [6.07, 6.45) is 0. The molecule has 6 nitrogen and oxygen atoms in total. The second kappa shape index (κ2) is 7.74. The summed E-state index contributed by atoms with van der Waals surface area (Å²) >= 11 is 1.19. The molecule has 0 amide bonds. The average molecular weight is 348 g/mol. The number of hydrogen-bond acceptors (Lipinski definition) is 6. The molecule has 0 atom stereocenters. The van der Waals surface area contributed by atoms with E-state index in [0.717, 1.165) is 44.2 Å². The third-order valence-corrected chi connectivity index (χ3v) is 5.07. The van der Waals surface area contributed by atoms with E-state index in [1.807, 2.05) is 24.3 Å². The van der Waals surface area contributed by atoms with Crippen molar-refractivity contribution >= 4 is 17.3 Å². The molecule has 0 aliphatic carbocycles. The molecule has 1 fully saturated rings. The Balaban J connectivity index is 1.57. The minimum atomic E-state index is -0.931. The van der Waals surface area contributed by atoms with Gasteiger partial charge in [0.2, 0.25) is 0 Å². The molecule has 0 spiro atoms. The van der Waals surface area contributed by atoms with Crippen molar-refractivity contribution in [3.05, 3.63) is 34.8 Å². The number of ether oxygens (including phenoxy) is 2. The van der Waals surface area contributed by atoms with Gasteiger partial charge in [0.1, 0.15) is 22.2 Å². The summed E-state index contributed by atoms with van der Waals surface area (Å²) in [5.41, 5.74) is 1.45. The number of carbonyl (C=O) groups is 1. The minimum absolute atomic E-state index is 0.288. The first-order valence-corrected chi connectivity index (χ1v) is 8.69. The third-order valence-electron chi connectivity index (χ3n) is 3.87. The van der Waals surface area contributed by atoms with Crippen LogP contribution in [0.2, 0.25) is 0 Å². The molecule has 1 aliphatic heterocycles. The maximum atomic E-state index is 11.1. The highest BCUT2D eigenvalue weighted by Gasteiger charge is 2.15. The summed E-state index contributed by atoms with van der Waals surface area (Å²) < 4.78 is 11.1. The number of rotatable bonds is 6. The van der Waals surface area contributed by atoms with Gasteiger partial charge in [0.25, 0.3) is 0 Å². The van der Waals surface area contributed by atoms with Gasteiger partial charge in [-0.25, -0.2) is 9.78 Å². The number of aromatic carboxylic acids is 1. The van der Waals surface area contributed by atoms with Crippen LogP contribution in [0.25, 0.3) is 10.6 Å². The fourth-order valence-corrected chi connectivity index (χ4v) is 3.44. The molecule has 0 radical (unpaired) electrons. The lowest BCUT2D eigenvalue weighted by atomic mass is 10.2. The van der Waals surface area contributed by atoms with Crippen LogP contribution in [0.4, 0.5) is 0 Å². The molecule has 1 aliphatic rings. The van der Waals surface area contributed by atoms with Crippen LogP contribution in [0.3, 0.4) is 0 Å². The number of carboxylic acid groups (broad SMARTS) is 1. The molecule has 2 heterocycles. The minimum Gasteiger partial charge on any atom is -0.492 e. The van der Waals surface area contributed by atoms with E-state index in [-0.39, 0.29) is 4.88 Å². The monoisotopic (exact) mass is 348 g/mol. The van der Waals surface area contributed by atoms with Crippen molar-refractivity contribution in [2.24, 2.45) is 0 Å². The lowest BCUT2D eigenvalue weighted by Crippen LogP contribution is -2.38. The Morgan fingerprint density at radius 1 is 1.33 bits per heavy atom. The first-order chi connectivity index (χ1) is 11.6. The number of nitrogens with zero attached hydrogens (tertiary/aromatic N) is 2. The van der Waals surface area contributed by atoms with Crippen LogP contribution in [0.1, 0.15) is 15.4 Å². The van der Waals surface area contributed by atoms with Crippen molar-refractivity contribution in [3.8, 4) is 16.3 Å². The zero-order chi connectivity index (χ0) is 16.9. The van der Waals surface area contributed by atoms with Gasteiger partial charge >= 0.3 is 5.97 Å². The molecule has 3 rings (SSSR count). The lowest BCUT2D eigenvalue weighted by Gasteiger charge is -2.26. The Morgan fingerprint density at radius 2 is 2.04 bits per heavy atom. The Kier molecular flexibility index (Phi) is 5.44. The second-order valence-electron chi connectivity index (χ2n) is 5.57. The Hall–Kier alpha value is -1.96. The van der Waals surface area contributed by atoms with Crippen molar-refractivity contribution in [3.63, 3.8) is 0 Å². The number of thiazole rings is 1. The van der Waals surface area contributed by atoms with Crippen LogP contribution in [0, 0.1) is 6.92 Å². The maximum absolute atomic E-state index is 11.1. The Bertz CT molecular complexity index is 693. The van der Waals surface area contributed by atoms with Crippen molar-refractivity contribution < 1.29 is 19.4 Å². The van der Waals surface area contributed by atoms with Crippen molar-refractivity contribution in [2.45, 2.75) is 6.92 Å². The van der Waals surface area contributed by atoms with Crippen LogP contribution in [-0.2, 0) is 4.74 Å². The predicted molar refractivity (Wildman–Crippen MR) is 92.0 cm³/mol. The topological polar surface area (TPSA) is 71.9 Å². The van der Waals surface area contributed by atoms with Gasteiger partial charge in [-0.15, -0.1) is 11.3 Å². The summed E-state index contributed by atoms with van der Waals surface area (Å²) in [4.78, 5) is 18.1. The van der Waals surface area contributed by atoms with Gasteiger partial charge in [-0.2, -0.15) is 0 Å². The SMILES string of the molecule is Cc1nc(-c2ccc(OCCN3CCOCC3)cc2)sc1C(=O)O. The van der Waals surface area contributed by atoms with E-state index in [9.17, 15) is 4.79 Å². The summed E-state index contributed by atoms with van der Waals surface area (Å²) in [5.74, 6) is -0.127. The average Bonchev–Trinajstić information content (AvgIpc) is 2.99. The molecule has 1 N–H and O–H groups in total. The molecule has 0 unspecified atom stereocenters. The summed E-state index contributed by atoms with van der Waals surface area (Å²) in [6.45, 7) is 6.74. The largest absolute Gasteiger partial charge is 0.492 e. The molecule has 1 aromatic heterocycles. The third kappa shape index (κ3) is 4.11. The van der Waals surface area contributed by atoms with Crippen LogP contribution in [0.5, 0.6) is 5.75 Å². The molecular formula is C17H20N2O4S. The van der Waals surface area contributed by atoms with Gasteiger partial charge in [0.15, 0.2) is 0 Å². The van der Waals surface area contributed by atoms with Gasteiger partial charge in [-0.3, -0.25) is 4.90 Å². The van der Waals surface area contributed by atoms with E-state index in [0.29, 0.717) is 17.3 Å². The zero-order valence-corrected chi connectivity index (χ0v) is 14.3. The molecule has 2 aromatic rings. The number of aryl methyl sites for hydroxylation is 1. The fraction of sp³-hybridized carbons (Fsp3) is 0.412. The van der Waals surface area contributed by atoms with E-state index in [2.05, 4.69) is 9.88 Å². The quantitative estimate of drug-likeness (QED) is 0.865. The van der Waals surface area contributed by atoms with E-state index in [4.69, 9.17) is 14.6 Å². The smallest absolute Gasteiger partial charge is 0.347 e. The molecule has 1 saturated heterocycles. The van der Waals surface area contributed by atoms with Crippen molar-refractivity contribution in [1.29, 1.82) is 0 Å². The number of aromatic nitrogens is 1. The van der Waals surface area contributed by atoms with Crippen LogP contribution in [-0.4, -0.2) is 60.4 Å². The Labute approximate surface area is 144 Å². The van der Waals surface area contributed by atoms with Gasteiger partial charge < -0.3 is 14.6 Å². The molecule has 128 valence electrons. The number of benzene rings is 1. The summed E-state index contributed by atoms with van der Waals surface area (Å²) in [7, 11) is 0. The number of morpholine rings is 1. The standard InChI is InChI=1S/C17H20N2O4S/c1-12-15(17(20)21)24-16(18-12)13-2-4-14(5-3-13)23-11-8-19-6-9-22-10-7-19/h2-5H,6-11H2,1H3,(H,20,21). The van der Waals surface area contributed by atoms with Gasteiger partial charge in [-0.05, 0) is 31.2 Å². The fourth-order valence-electron chi connectivity index (χ4n) is 2.53. The molecule has 1 aromatic carbocycles. The van der Waals surface area contributed by atoms with Gasteiger partial charge in [0.05, 0.1) is 18.9 Å². The molecule has 0 bridgehead atoms.